The van der Waals surface area contributed by atoms with Crippen LogP contribution < -0.4 is 15.8 Å². The number of methoxy groups -OCH3 is 1. The Kier molecular flexibility index (Phi) is 6.84. The van der Waals surface area contributed by atoms with Gasteiger partial charge in [-0.25, -0.2) is 9.18 Å². The third kappa shape index (κ3) is 4.56. The van der Waals surface area contributed by atoms with Gasteiger partial charge in [-0.1, -0.05) is 30.3 Å². The summed E-state index contributed by atoms with van der Waals surface area (Å²) in [4.78, 5) is 23.7. The summed E-state index contributed by atoms with van der Waals surface area (Å²) in [5, 5.41) is 17.9. The van der Waals surface area contributed by atoms with Crippen LogP contribution in [0.2, 0.25) is 0 Å². The number of nitrogens with two attached hydrogens (primary N) is 1. The van der Waals surface area contributed by atoms with Gasteiger partial charge in [-0.15, -0.1) is 0 Å². The third-order valence-corrected chi connectivity index (χ3v) is 6.14. The highest BCUT2D eigenvalue weighted by molar-refractivity contribution is 6.05. The number of ether oxygens (including phenoxy) is 1. The maximum absolute atomic E-state index is 14.7. The van der Waals surface area contributed by atoms with E-state index in [1.807, 2.05) is 44.2 Å². The Morgan fingerprint density at radius 1 is 1.06 bits per heavy atom. The molecule has 0 radical (unpaired) electrons. The van der Waals surface area contributed by atoms with Crippen molar-refractivity contribution in [2.75, 3.05) is 12.4 Å². The molecule has 0 atom stereocenters. The maximum atomic E-state index is 14.7. The van der Waals surface area contributed by atoms with Crippen molar-refractivity contribution in [2.45, 2.75) is 20.4 Å². The molecule has 184 valence electrons. The molecule has 36 heavy (non-hydrogen) atoms. The number of amides is 1. The van der Waals surface area contributed by atoms with Crippen LogP contribution in [0.5, 0.6) is 5.75 Å². The number of benzene rings is 3. The van der Waals surface area contributed by atoms with Crippen molar-refractivity contribution in [2.24, 2.45) is 5.73 Å². The van der Waals surface area contributed by atoms with Crippen molar-refractivity contribution in [1.82, 2.24) is 10.2 Å². The van der Waals surface area contributed by atoms with Crippen molar-refractivity contribution in [3.05, 3.63) is 88.5 Å². The van der Waals surface area contributed by atoms with E-state index in [1.54, 1.807) is 12.1 Å². The van der Waals surface area contributed by atoms with Crippen molar-refractivity contribution in [3.8, 4) is 28.0 Å². The lowest BCUT2D eigenvalue weighted by molar-refractivity contribution is 0.0690. The number of H-pyrrole nitrogens is 1. The van der Waals surface area contributed by atoms with Gasteiger partial charge in [-0.2, -0.15) is 5.10 Å². The van der Waals surface area contributed by atoms with Crippen molar-refractivity contribution in [1.29, 1.82) is 0 Å². The minimum absolute atomic E-state index is 0.0297. The fourth-order valence-electron chi connectivity index (χ4n) is 4.18. The molecule has 0 unspecified atom stereocenters. The molecule has 0 saturated carbocycles. The normalized spacial score (nSPS) is 10.8. The molecule has 0 bridgehead atoms. The van der Waals surface area contributed by atoms with Crippen molar-refractivity contribution in [3.63, 3.8) is 0 Å². The van der Waals surface area contributed by atoms with Gasteiger partial charge < -0.3 is 20.9 Å². The topological polar surface area (TPSA) is 130 Å². The molecular weight excluding hydrogens is 463 g/mol. The number of anilines is 1. The summed E-state index contributed by atoms with van der Waals surface area (Å²) in [6, 6.07) is 15.7. The summed E-state index contributed by atoms with van der Waals surface area (Å²) >= 11 is 0. The Balaban J connectivity index is 1.71. The Hall–Kier alpha value is -4.50. The first-order valence-corrected chi connectivity index (χ1v) is 11.1. The first-order valence-electron chi connectivity index (χ1n) is 11.1. The van der Waals surface area contributed by atoms with Gasteiger partial charge in [0.05, 0.1) is 7.11 Å². The monoisotopic (exact) mass is 488 g/mol. The summed E-state index contributed by atoms with van der Waals surface area (Å²) in [6.45, 7) is 3.86. The number of aromatic nitrogens is 2. The van der Waals surface area contributed by atoms with E-state index >= 15 is 0 Å². The average molecular weight is 489 g/mol. The van der Waals surface area contributed by atoms with E-state index in [0.717, 1.165) is 27.8 Å². The number of carbonyl (C=O) groups excluding carboxylic acids is 1. The Labute approximate surface area is 206 Å². The van der Waals surface area contributed by atoms with Gasteiger partial charge in [-0.05, 0) is 65.4 Å². The third-order valence-electron chi connectivity index (χ3n) is 6.14. The standard InChI is InChI=1S/C27H25FN4O4/c1-14-17(16-10-21(28)20(13-29)25(11-16)36-3)6-4-7-18(14)19-8-5-9-22(15(19)2)30-26(33)23-12-24(27(34)35)32-31-23/h4-12H,13,29H2,1-3H3,(H,30,33)(H,31,32)(H,34,35). The number of hydrogen-bond acceptors (Lipinski definition) is 5. The van der Waals surface area contributed by atoms with Crippen LogP contribution in [0.4, 0.5) is 10.1 Å². The van der Waals surface area contributed by atoms with Crippen LogP contribution in [0.3, 0.4) is 0 Å². The summed E-state index contributed by atoms with van der Waals surface area (Å²) < 4.78 is 20.1. The van der Waals surface area contributed by atoms with Gasteiger partial charge in [0.2, 0.25) is 0 Å². The van der Waals surface area contributed by atoms with Gasteiger partial charge in [0.1, 0.15) is 17.3 Å². The maximum Gasteiger partial charge on any atom is 0.353 e. The van der Waals surface area contributed by atoms with E-state index < -0.39 is 17.7 Å². The Bertz CT molecular complexity index is 1480. The second-order valence-corrected chi connectivity index (χ2v) is 8.23. The number of aromatic amines is 1. The number of aromatic carboxylic acids is 1. The predicted molar refractivity (Wildman–Crippen MR) is 135 cm³/mol. The first-order chi connectivity index (χ1) is 17.2. The molecular formula is C27H25FN4O4. The molecule has 0 aliphatic heterocycles. The molecule has 0 fully saturated rings. The summed E-state index contributed by atoms with van der Waals surface area (Å²) in [5.41, 5.74) is 11.4. The molecule has 5 N–H and O–H groups in total. The zero-order chi connectivity index (χ0) is 26.0. The number of carboxylic acid groups (broad SMARTS) is 1. The van der Waals surface area contributed by atoms with Crippen molar-refractivity contribution >= 4 is 17.6 Å². The van der Waals surface area contributed by atoms with E-state index in [-0.39, 0.29) is 17.9 Å². The Morgan fingerprint density at radius 3 is 2.36 bits per heavy atom. The van der Waals surface area contributed by atoms with Gasteiger partial charge in [0, 0.05) is 23.9 Å². The quantitative estimate of drug-likeness (QED) is 0.292. The molecule has 9 heteroatoms. The fraction of sp³-hybridized carbons (Fsp3) is 0.148. The molecule has 1 aromatic heterocycles. The molecule has 0 spiro atoms. The molecule has 0 saturated heterocycles. The second kappa shape index (κ2) is 10.0. The molecule has 1 amide bonds. The van der Waals surface area contributed by atoms with Crippen LogP contribution >= 0.6 is 0 Å². The number of nitrogens with one attached hydrogen (secondary N) is 2. The van der Waals surface area contributed by atoms with Crippen LogP contribution in [0.1, 0.15) is 37.7 Å². The highest BCUT2D eigenvalue weighted by atomic mass is 19.1. The SMILES string of the molecule is COc1cc(-c2cccc(-c3cccc(NC(=O)c4cc(C(=O)O)[nH]n4)c3C)c2C)cc(F)c1CN. The average Bonchev–Trinajstić information content (AvgIpc) is 3.36. The lowest BCUT2D eigenvalue weighted by atomic mass is 9.90. The van der Waals surface area contributed by atoms with Crippen LogP contribution in [-0.4, -0.2) is 34.3 Å². The second-order valence-electron chi connectivity index (χ2n) is 8.23. The highest BCUT2D eigenvalue weighted by Gasteiger charge is 2.18. The number of halogens is 1. The van der Waals surface area contributed by atoms with Crippen molar-refractivity contribution < 1.29 is 23.8 Å². The first kappa shape index (κ1) is 24.6. The lowest BCUT2D eigenvalue weighted by Gasteiger charge is -2.17. The zero-order valence-electron chi connectivity index (χ0n) is 20.0. The summed E-state index contributed by atoms with van der Waals surface area (Å²) in [5.74, 6) is -1.78. The van der Waals surface area contributed by atoms with E-state index in [2.05, 4.69) is 15.5 Å². The Morgan fingerprint density at radius 2 is 1.72 bits per heavy atom. The molecule has 0 aliphatic carbocycles. The number of rotatable bonds is 7. The van der Waals surface area contributed by atoms with Gasteiger partial charge in [0.25, 0.3) is 5.91 Å². The molecule has 4 rings (SSSR count). The largest absolute Gasteiger partial charge is 0.496 e. The smallest absolute Gasteiger partial charge is 0.353 e. The number of carboxylic acids is 1. The van der Waals surface area contributed by atoms with E-state index in [0.29, 0.717) is 22.6 Å². The van der Waals surface area contributed by atoms with Crippen LogP contribution in [-0.2, 0) is 6.54 Å². The fourth-order valence-corrected chi connectivity index (χ4v) is 4.18. The molecule has 1 heterocycles. The number of carbonyl (C=O) groups is 2. The van der Waals surface area contributed by atoms with Gasteiger partial charge in [-0.3, -0.25) is 9.89 Å². The van der Waals surface area contributed by atoms with Crippen LogP contribution in [0.15, 0.2) is 54.6 Å². The summed E-state index contributed by atoms with van der Waals surface area (Å²) in [7, 11) is 1.48. The molecule has 3 aromatic carbocycles. The van der Waals surface area contributed by atoms with Gasteiger partial charge >= 0.3 is 5.97 Å². The minimum atomic E-state index is -1.20. The zero-order valence-corrected chi connectivity index (χ0v) is 20.0. The van der Waals surface area contributed by atoms with Gasteiger partial charge in [0.15, 0.2) is 5.69 Å². The van der Waals surface area contributed by atoms with Crippen LogP contribution in [0.25, 0.3) is 22.3 Å². The molecule has 0 aliphatic rings. The minimum Gasteiger partial charge on any atom is -0.496 e. The highest BCUT2D eigenvalue weighted by Crippen LogP contribution is 2.37. The van der Waals surface area contributed by atoms with E-state index in [1.165, 1.54) is 19.2 Å². The van der Waals surface area contributed by atoms with E-state index in [9.17, 15) is 14.0 Å². The summed E-state index contributed by atoms with van der Waals surface area (Å²) in [6.07, 6.45) is 0. The number of hydrogen-bond donors (Lipinski definition) is 4. The molecule has 8 nitrogen and oxygen atoms in total. The van der Waals surface area contributed by atoms with Crippen LogP contribution in [0, 0.1) is 19.7 Å². The predicted octanol–water partition coefficient (Wildman–Crippen LogP) is 4.92. The number of nitrogens with zero attached hydrogens (tertiary/aromatic N) is 1. The van der Waals surface area contributed by atoms with E-state index in [4.69, 9.17) is 15.6 Å². The molecule has 4 aromatic rings. The lowest BCUT2D eigenvalue weighted by Crippen LogP contribution is -2.13.